The Morgan fingerprint density at radius 1 is 1.25 bits per heavy atom. The Morgan fingerprint density at radius 2 is 2.00 bits per heavy atom. The van der Waals surface area contributed by atoms with Crippen LogP contribution in [0.1, 0.15) is 24.1 Å². The Morgan fingerprint density at radius 3 is 2.67 bits per heavy atom. The largest absolute Gasteiger partial charge is 0.346 e. The highest BCUT2D eigenvalue weighted by Gasteiger charge is 2.13. The van der Waals surface area contributed by atoms with Crippen LogP contribution < -0.4 is 5.32 Å². The number of nitro benzene ring substituents is 1. The number of hydrogen-bond acceptors (Lipinski definition) is 3. The number of nitrogens with one attached hydrogen (secondary N) is 1. The van der Waals surface area contributed by atoms with E-state index in [4.69, 9.17) is 0 Å². The third-order valence-corrected chi connectivity index (χ3v) is 3.30. The first kappa shape index (κ1) is 17.3. The number of rotatable bonds is 5. The van der Waals surface area contributed by atoms with E-state index in [-0.39, 0.29) is 11.3 Å². The third kappa shape index (κ3) is 4.45. The van der Waals surface area contributed by atoms with Crippen molar-refractivity contribution in [3.63, 3.8) is 0 Å². The summed E-state index contributed by atoms with van der Waals surface area (Å²) in [4.78, 5) is 22.0. The third-order valence-electron chi connectivity index (χ3n) is 3.30. The fraction of sp³-hybridized carbons (Fsp3) is 0.118. The first-order valence-corrected chi connectivity index (χ1v) is 7.05. The Kier molecular flexibility index (Phi) is 5.36. The van der Waals surface area contributed by atoms with Crippen LogP contribution in [0.4, 0.5) is 14.5 Å². The topological polar surface area (TPSA) is 72.2 Å². The second-order valence-electron chi connectivity index (χ2n) is 5.08. The summed E-state index contributed by atoms with van der Waals surface area (Å²) in [5.74, 6) is -1.94. The Balaban J connectivity index is 2.04. The number of hydrogen-bond donors (Lipinski definition) is 1. The highest BCUT2D eigenvalue weighted by atomic mass is 19.1. The average molecular weight is 332 g/mol. The number of carbonyl (C=O) groups is 1. The van der Waals surface area contributed by atoms with Crippen molar-refractivity contribution < 1.29 is 18.5 Å². The average Bonchev–Trinajstić information content (AvgIpc) is 2.53. The SMILES string of the molecule is C[C@H](NC(=O)/C=C/c1cccc([N+](=O)[O-])c1)c1ccc(F)cc1F. The van der Waals surface area contributed by atoms with Gasteiger partial charge in [-0.05, 0) is 24.6 Å². The molecule has 0 unspecified atom stereocenters. The van der Waals surface area contributed by atoms with Gasteiger partial charge in [-0.2, -0.15) is 0 Å². The smallest absolute Gasteiger partial charge is 0.270 e. The summed E-state index contributed by atoms with van der Waals surface area (Å²) in [6, 6.07) is 8.25. The van der Waals surface area contributed by atoms with Gasteiger partial charge in [-0.25, -0.2) is 8.78 Å². The molecule has 0 aliphatic carbocycles. The van der Waals surface area contributed by atoms with Gasteiger partial charge in [0.15, 0.2) is 0 Å². The number of benzene rings is 2. The van der Waals surface area contributed by atoms with Crippen LogP contribution in [-0.4, -0.2) is 10.8 Å². The zero-order valence-corrected chi connectivity index (χ0v) is 12.7. The highest BCUT2D eigenvalue weighted by Crippen LogP contribution is 2.18. The number of amides is 1. The van der Waals surface area contributed by atoms with E-state index < -0.39 is 28.5 Å². The Bertz CT molecular complexity index is 806. The highest BCUT2D eigenvalue weighted by molar-refractivity contribution is 5.92. The maximum Gasteiger partial charge on any atom is 0.270 e. The molecule has 0 aliphatic heterocycles. The molecule has 2 rings (SSSR count). The van der Waals surface area contributed by atoms with Crippen LogP contribution in [-0.2, 0) is 4.79 Å². The molecule has 24 heavy (non-hydrogen) atoms. The molecule has 124 valence electrons. The number of halogens is 2. The number of nitrogens with zero attached hydrogens (tertiary/aromatic N) is 1. The lowest BCUT2D eigenvalue weighted by Crippen LogP contribution is -2.25. The van der Waals surface area contributed by atoms with Gasteiger partial charge in [-0.3, -0.25) is 14.9 Å². The van der Waals surface area contributed by atoms with Crippen LogP contribution in [0.25, 0.3) is 6.08 Å². The molecule has 0 saturated heterocycles. The predicted octanol–water partition coefficient (Wildman–Crippen LogP) is 3.76. The summed E-state index contributed by atoms with van der Waals surface area (Å²) in [6.07, 6.45) is 2.60. The standard InChI is InChI=1S/C17H14F2N2O3/c1-11(15-7-6-13(18)10-16(15)19)20-17(22)8-5-12-3-2-4-14(9-12)21(23)24/h2-11H,1H3,(H,20,22)/b8-5+/t11-/m0/s1. The second-order valence-corrected chi connectivity index (χ2v) is 5.08. The number of carbonyl (C=O) groups excluding carboxylic acids is 1. The fourth-order valence-corrected chi connectivity index (χ4v) is 2.11. The second kappa shape index (κ2) is 7.45. The normalized spacial score (nSPS) is 12.1. The van der Waals surface area contributed by atoms with Crippen LogP contribution in [0.2, 0.25) is 0 Å². The van der Waals surface area contributed by atoms with Crippen molar-refractivity contribution in [1.29, 1.82) is 0 Å². The van der Waals surface area contributed by atoms with Crippen molar-refractivity contribution in [2.45, 2.75) is 13.0 Å². The first-order valence-electron chi connectivity index (χ1n) is 7.05. The van der Waals surface area contributed by atoms with Crippen LogP contribution in [0, 0.1) is 21.7 Å². The van der Waals surface area contributed by atoms with Crippen molar-refractivity contribution >= 4 is 17.7 Å². The lowest BCUT2D eigenvalue weighted by Gasteiger charge is -2.13. The van der Waals surface area contributed by atoms with E-state index in [9.17, 15) is 23.7 Å². The quantitative estimate of drug-likeness (QED) is 0.515. The van der Waals surface area contributed by atoms with Gasteiger partial charge in [-0.15, -0.1) is 0 Å². The molecule has 2 aromatic rings. The fourth-order valence-electron chi connectivity index (χ4n) is 2.11. The van der Waals surface area contributed by atoms with Crippen LogP contribution in [0.5, 0.6) is 0 Å². The van der Waals surface area contributed by atoms with E-state index in [1.165, 1.54) is 36.4 Å². The van der Waals surface area contributed by atoms with E-state index in [1.54, 1.807) is 13.0 Å². The number of non-ortho nitro benzene ring substituents is 1. The summed E-state index contributed by atoms with van der Waals surface area (Å²) in [7, 11) is 0. The molecule has 7 heteroatoms. The molecule has 0 aliphatic rings. The minimum absolute atomic E-state index is 0.0840. The molecule has 1 amide bonds. The molecular weight excluding hydrogens is 318 g/mol. The van der Waals surface area contributed by atoms with E-state index in [0.717, 1.165) is 12.1 Å². The molecule has 0 spiro atoms. The maximum absolute atomic E-state index is 13.6. The first-order chi connectivity index (χ1) is 11.4. The summed E-state index contributed by atoms with van der Waals surface area (Å²) >= 11 is 0. The minimum atomic E-state index is -0.745. The zero-order chi connectivity index (χ0) is 17.7. The van der Waals surface area contributed by atoms with E-state index >= 15 is 0 Å². The summed E-state index contributed by atoms with van der Waals surface area (Å²) in [5, 5.41) is 13.2. The van der Waals surface area contributed by atoms with Gasteiger partial charge < -0.3 is 5.32 Å². The van der Waals surface area contributed by atoms with Crippen molar-refractivity contribution in [2.24, 2.45) is 0 Å². The molecule has 0 bridgehead atoms. The molecule has 0 fully saturated rings. The van der Waals surface area contributed by atoms with Gasteiger partial charge in [0.25, 0.3) is 5.69 Å². The molecule has 1 N–H and O–H groups in total. The monoisotopic (exact) mass is 332 g/mol. The van der Waals surface area contributed by atoms with Gasteiger partial charge in [0, 0.05) is 29.8 Å². The Labute approximate surface area is 136 Å². The van der Waals surface area contributed by atoms with Crippen molar-refractivity contribution in [3.05, 3.63) is 81.4 Å². The molecule has 2 aromatic carbocycles. The van der Waals surface area contributed by atoms with Gasteiger partial charge in [-0.1, -0.05) is 18.2 Å². The molecular formula is C17H14F2N2O3. The Hall–Kier alpha value is -3.09. The molecule has 5 nitrogen and oxygen atoms in total. The lowest BCUT2D eigenvalue weighted by atomic mass is 10.1. The van der Waals surface area contributed by atoms with Crippen LogP contribution in [0.3, 0.4) is 0 Å². The molecule has 0 radical (unpaired) electrons. The van der Waals surface area contributed by atoms with E-state index in [0.29, 0.717) is 5.56 Å². The van der Waals surface area contributed by atoms with E-state index in [2.05, 4.69) is 5.32 Å². The van der Waals surface area contributed by atoms with Crippen LogP contribution >= 0.6 is 0 Å². The molecule has 0 aromatic heterocycles. The van der Waals surface area contributed by atoms with Crippen LogP contribution in [0.15, 0.2) is 48.5 Å². The van der Waals surface area contributed by atoms with Gasteiger partial charge in [0.1, 0.15) is 11.6 Å². The van der Waals surface area contributed by atoms with Crippen molar-refractivity contribution in [1.82, 2.24) is 5.32 Å². The van der Waals surface area contributed by atoms with Gasteiger partial charge >= 0.3 is 0 Å². The van der Waals surface area contributed by atoms with Gasteiger partial charge in [0.2, 0.25) is 5.91 Å². The van der Waals surface area contributed by atoms with Gasteiger partial charge in [0.05, 0.1) is 11.0 Å². The van der Waals surface area contributed by atoms with Crippen molar-refractivity contribution in [3.8, 4) is 0 Å². The number of nitro groups is 1. The summed E-state index contributed by atoms with van der Waals surface area (Å²) in [6.45, 7) is 1.56. The molecule has 0 saturated carbocycles. The molecule has 0 heterocycles. The van der Waals surface area contributed by atoms with Crippen molar-refractivity contribution in [2.75, 3.05) is 0 Å². The summed E-state index contributed by atoms with van der Waals surface area (Å²) in [5.41, 5.74) is 0.563. The zero-order valence-electron chi connectivity index (χ0n) is 12.7. The predicted molar refractivity (Wildman–Crippen MR) is 85.0 cm³/mol. The lowest BCUT2D eigenvalue weighted by molar-refractivity contribution is -0.384. The van der Waals surface area contributed by atoms with E-state index in [1.807, 2.05) is 0 Å². The minimum Gasteiger partial charge on any atom is -0.346 e. The maximum atomic E-state index is 13.6. The summed E-state index contributed by atoms with van der Waals surface area (Å²) < 4.78 is 26.5. The molecule has 1 atom stereocenters.